The molecule has 5 nitrogen and oxygen atoms in total. The molecule has 0 aliphatic rings. The number of carbonyl (C=O) groups is 1. The first-order valence-electron chi connectivity index (χ1n) is 4.15. The molecule has 0 spiro atoms. The predicted octanol–water partition coefficient (Wildman–Crippen LogP) is 0.345. The number of nitrogens with one attached hydrogen (secondary N) is 1. The summed E-state index contributed by atoms with van der Waals surface area (Å²) in [6.45, 7) is 6.56. The van der Waals surface area contributed by atoms with Gasteiger partial charge in [-0.3, -0.25) is 9.35 Å². The molecule has 0 radical (unpaired) electrons. The molecule has 82 valence electrons. The van der Waals surface area contributed by atoms with Crippen LogP contribution in [0, 0.1) is 0 Å². The van der Waals surface area contributed by atoms with Crippen LogP contribution in [-0.4, -0.2) is 30.7 Å². The quantitative estimate of drug-likeness (QED) is 0.518. The van der Waals surface area contributed by atoms with E-state index in [1.165, 1.54) is 6.92 Å². The van der Waals surface area contributed by atoms with E-state index in [4.69, 9.17) is 4.55 Å². The fourth-order valence-corrected chi connectivity index (χ4v) is 1.10. The maximum Gasteiger partial charge on any atom is 0.267 e. The first-order chi connectivity index (χ1) is 6.25. The Morgan fingerprint density at radius 3 is 2.43 bits per heavy atom. The van der Waals surface area contributed by atoms with E-state index in [1.54, 1.807) is 6.92 Å². The number of carbonyl (C=O) groups excluding carboxylic acids is 1. The third kappa shape index (κ3) is 4.98. The second kappa shape index (κ2) is 5.11. The number of hydrogen-bond donors (Lipinski definition) is 2. The largest absolute Gasteiger partial charge is 0.352 e. The first-order valence-corrected chi connectivity index (χ1v) is 5.65. The van der Waals surface area contributed by atoms with E-state index >= 15 is 0 Å². The van der Waals surface area contributed by atoms with Crippen molar-refractivity contribution >= 4 is 16.0 Å². The maximum absolute atomic E-state index is 11.0. The van der Waals surface area contributed by atoms with Gasteiger partial charge < -0.3 is 5.32 Å². The van der Waals surface area contributed by atoms with Crippen LogP contribution in [0.15, 0.2) is 12.2 Å². The molecule has 0 aliphatic carbocycles. The Morgan fingerprint density at radius 1 is 1.57 bits per heavy atom. The lowest BCUT2D eigenvalue weighted by Gasteiger charge is -2.08. The summed E-state index contributed by atoms with van der Waals surface area (Å²) in [5.41, 5.74) is 0.365. The number of rotatable bonds is 5. The summed E-state index contributed by atoms with van der Waals surface area (Å²) < 4.78 is 29.7. The smallest absolute Gasteiger partial charge is 0.267 e. The Bertz CT molecular complexity index is 320. The van der Waals surface area contributed by atoms with Crippen molar-refractivity contribution in [2.24, 2.45) is 0 Å². The molecule has 0 aromatic rings. The van der Waals surface area contributed by atoms with Crippen LogP contribution in [0.1, 0.15) is 20.3 Å². The number of amides is 1. The van der Waals surface area contributed by atoms with Crippen molar-refractivity contribution in [2.75, 3.05) is 6.54 Å². The van der Waals surface area contributed by atoms with Crippen molar-refractivity contribution in [1.29, 1.82) is 0 Å². The molecule has 14 heavy (non-hydrogen) atoms. The van der Waals surface area contributed by atoms with Crippen molar-refractivity contribution in [3.05, 3.63) is 12.2 Å². The minimum atomic E-state index is -3.99. The normalized spacial score (nSPS) is 13.4. The molecule has 2 N–H and O–H groups in total. The monoisotopic (exact) mass is 221 g/mol. The standard InChI is InChI=1S/C8H15NO4S/c1-6(2)8(10)9-5-4-7(3)14(11,12)13/h7H,1,4-5H2,2-3H3,(H,9,10)(H,11,12,13). The van der Waals surface area contributed by atoms with Crippen LogP contribution in [0.25, 0.3) is 0 Å². The molecule has 0 bridgehead atoms. The summed E-state index contributed by atoms with van der Waals surface area (Å²) in [7, 11) is -3.99. The Kier molecular flexibility index (Phi) is 4.79. The van der Waals surface area contributed by atoms with E-state index in [1.807, 2.05) is 0 Å². The van der Waals surface area contributed by atoms with Crippen LogP contribution in [-0.2, 0) is 14.9 Å². The van der Waals surface area contributed by atoms with E-state index in [0.717, 1.165) is 0 Å². The molecule has 6 heteroatoms. The molecular weight excluding hydrogens is 206 g/mol. The highest BCUT2D eigenvalue weighted by atomic mass is 32.2. The zero-order valence-corrected chi connectivity index (χ0v) is 9.10. The highest BCUT2D eigenvalue weighted by Crippen LogP contribution is 2.01. The summed E-state index contributed by atoms with van der Waals surface area (Å²) in [4.78, 5) is 11.0. The van der Waals surface area contributed by atoms with Gasteiger partial charge in [0, 0.05) is 12.1 Å². The Hall–Kier alpha value is -0.880. The molecular formula is C8H15NO4S. The zero-order chi connectivity index (χ0) is 11.4. The van der Waals surface area contributed by atoms with Gasteiger partial charge in [0.15, 0.2) is 0 Å². The van der Waals surface area contributed by atoms with Crippen LogP contribution in [0.5, 0.6) is 0 Å². The third-order valence-electron chi connectivity index (χ3n) is 1.73. The highest BCUT2D eigenvalue weighted by Gasteiger charge is 2.16. The fourth-order valence-electron chi connectivity index (χ4n) is 0.689. The van der Waals surface area contributed by atoms with E-state index in [9.17, 15) is 13.2 Å². The van der Waals surface area contributed by atoms with Gasteiger partial charge in [-0.1, -0.05) is 6.58 Å². The second-order valence-electron chi connectivity index (χ2n) is 3.15. The summed E-state index contributed by atoms with van der Waals surface area (Å²) in [5, 5.41) is 1.60. The van der Waals surface area contributed by atoms with Crippen LogP contribution in [0.2, 0.25) is 0 Å². The van der Waals surface area contributed by atoms with Crippen LogP contribution >= 0.6 is 0 Å². The molecule has 1 atom stereocenters. The fraction of sp³-hybridized carbons (Fsp3) is 0.625. The van der Waals surface area contributed by atoms with Gasteiger partial charge in [0.2, 0.25) is 5.91 Å². The van der Waals surface area contributed by atoms with Gasteiger partial charge in [-0.15, -0.1) is 0 Å². The van der Waals surface area contributed by atoms with Crippen LogP contribution in [0.3, 0.4) is 0 Å². The minimum Gasteiger partial charge on any atom is -0.352 e. The van der Waals surface area contributed by atoms with E-state index in [-0.39, 0.29) is 18.9 Å². The van der Waals surface area contributed by atoms with Crippen molar-refractivity contribution in [3.63, 3.8) is 0 Å². The zero-order valence-electron chi connectivity index (χ0n) is 8.28. The van der Waals surface area contributed by atoms with Gasteiger partial charge in [0.25, 0.3) is 10.1 Å². The SMILES string of the molecule is C=C(C)C(=O)NCCC(C)S(=O)(=O)O. The average molecular weight is 221 g/mol. The van der Waals surface area contributed by atoms with E-state index < -0.39 is 15.4 Å². The lowest BCUT2D eigenvalue weighted by molar-refractivity contribution is -0.117. The van der Waals surface area contributed by atoms with Gasteiger partial charge in [0.05, 0.1) is 5.25 Å². The summed E-state index contributed by atoms with van der Waals surface area (Å²) in [6, 6.07) is 0. The Labute approximate surface area is 83.9 Å². The average Bonchev–Trinajstić information content (AvgIpc) is 2.01. The molecule has 0 aliphatic heterocycles. The van der Waals surface area contributed by atoms with E-state index in [0.29, 0.717) is 5.57 Å². The minimum absolute atomic E-state index is 0.178. The molecule has 1 unspecified atom stereocenters. The van der Waals surface area contributed by atoms with Crippen molar-refractivity contribution in [3.8, 4) is 0 Å². The number of hydrogen-bond acceptors (Lipinski definition) is 3. The van der Waals surface area contributed by atoms with Gasteiger partial charge >= 0.3 is 0 Å². The highest BCUT2D eigenvalue weighted by molar-refractivity contribution is 7.86. The van der Waals surface area contributed by atoms with Gasteiger partial charge in [-0.25, -0.2) is 0 Å². The molecule has 0 aromatic carbocycles. The maximum atomic E-state index is 11.0. The summed E-state index contributed by atoms with van der Waals surface area (Å²) in [5.74, 6) is -0.312. The van der Waals surface area contributed by atoms with Crippen molar-refractivity contribution < 1.29 is 17.8 Å². The van der Waals surface area contributed by atoms with Gasteiger partial charge in [0.1, 0.15) is 0 Å². The van der Waals surface area contributed by atoms with Crippen LogP contribution in [0.4, 0.5) is 0 Å². The molecule has 0 rings (SSSR count). The molecule has 0 heterocycles. The molecule has 0 saturated heterocycles. The Morgan fingerprint density at radius 2 is 2.07 bits per heavy atom. The first kappa shape index (κ1) is 13.1. The molecule has 0 aromatic heterocycles. The van der Waals surface area contributed by atoms with Gasteiger partial charge in [-0.2, -0.15) is 8.42 Å². The second-order valence-corrected chi connectivity index (χ2v) is 4.99. The topological polar surface area (TPSA) is 83.5 Å². The lowest BCUT2D eigenvalue weighted by atomic mass is 10.3. The van der Waals surface area contributed by atoms with Crippen molar-refractivity contribution in [1.82, 2.24) is 5.32 Å². The summed E-state index contributed by atoms with van der Waals surface area (Å²) in [6.07, 6.45) is 0.178. The van der Waals surface area contributed by atoms with Gasteiger partial charge in [-0.05, 0) is 20.3 Å². The predicted molar refractivity (Wildman–Crippen MR) is 53.5 cm³/mol. The van der Waals surface area contributed by atoms with Crippen molar-refractivity contribution in [2.45, 2.75) is 25.5 Å². The Balaban J connectivity index is 3.87. The molecule has 1 amide bonds. The molecule has 0 saturated carbocycles. The lowest BCUT2D eigenvalue weighted by Crippen LogP contribution is -2.29. The summed E-state index contributed by atoms with van der Waals surface area (Å²) >= 11 is 0. The molecule has 0 fully saturated rings. The van der Waals surface area contributed by atoms with E-state index in [2.05, 4.69) is 11.9 Å². The van der Waals surface area contributed by atoms with Crippen LogP contribution < -0.4 is 5.32 Å². The third-order valence-corrected chi connectivity index (χ3v) is 2.99.